The van der Waals surface area contributed by atoms with Crippen LogP contribution in [0.3, 0.4) is 0 Å². The molecule has 0 atom stereocenters. The highest BCUT2D eigenvalue weighted by molar-refractivity contribution is 5.34. The largest absolute Gasteiger partial charge is 0.0654 e. The fourth-order valence-electron chi connectivity index (χ4n) is 3.05. The normalized spacial score (nSPS) is 10.9. The summed E-state index contributed by atoms with van der Waals surface area (Å²) in [5.41, 5.74) is 4.72. The van der Waals surface area contributed by atoms with Gasteiger partial charge in [-0.25, -0.2) is 0 Å². The van der Waals surface area contributed by atoms with Crippen LogP contribution in [-0.4, -0.2) is 0 Å². The van der Waals surface area contributed by atoms with E-state index < -0.39 is 0 Å². The molecule has 20 heavy (non-hydrogen) atoms. The van der Waals surface area contributed by atoms with Crippen LogP contribution < -0.4 is 0 Å². The van der Waals surface area contributed by atoms with Gasteiger partial charge in [0.25, 0.3) is 0 Å². The predicted molar refractivity (Wildman–Crippen MR) is 91.5 cm³/mol. The summed E-state index contributed by atoms with van der Waals surface area (Å²) in [5, 5.41) is 0. The Kier molecular flexibility index (Phi) is 9.45. The minimum absolute atomic E-state index is 1.25. The Morgan fingerprint density at radius 1 is 0.700 bits per heavy atom. The lowest BCUT2D eigenvalue weighted by Gasteiger charge is -2.12. The second-order valence-corrected chi connectivity index (χ2v) is 6.19. The standard InChI is InChI=1S/C20H34/c1-4-6-7-8-9-10-11-12-16-19-17-13-15-18(3)20(19)14-5-2/h13,15,17H,4-12,14,16H2,1-3H3. The second-order valence-electron chi connectivity index (χ2n) is 6.19. The molecule has 0 spiro atoms. The lowest BCUT2D eigenvalue weighted by atomic mass is 9.94. The molecule has 0 nitrogen and oxygen atoms in total. The molecule has 0 aliphatic carbocycles. The smallest absolute Gasteiger partial charge is 0.0276 e. The topological polar surface area (TPSA) is 0 Å². The van der Waals surface area contributed by atoms with Gasteiger partial charge in [0.05, 0.1) is 0 Å². The van der Waals surface area contributed by atoms with Crippen molar-refractivity contribution in [3.8, 4) is 0 Å². The van der Waals surface area contributed by atoms with Crippen LogP contribution in [0.25, 0.3) is 0 Å². The summed E-state index contributed by atoms with van der Waals surface area (Å²) in [6.45, 7) is 6.84. The summed E-state index contributed by atoms with van der Waals surface area (Å²) >= 11 is 0. The quantitative estimate of drug-likeness (QED) is 0.397. The van der Waals surface area contributed by atoms with E-state index in [1.807, 2.05) is 0 Å². The van der Waals surface area contributed by atoms with Crippen LogP contribution >= 0.6 is 0 Å². The first kappa shape index (κ1) is 17.3. The van der Waals surface area contributed by atoms with Crippen molar-refractivity contribution in [3.63, 3.8) is 0 Å². The molecular formula is C20H34. The molecule has 1 rings (SSSR count). The van der Waals surface area contributed by atoms with Crippen molar-refractivity contribution in [1.29, 1.82) is 0 Å². The van der Waals surface area contributed by atoms with E-state index in [9.17, 15) is 0 Å². The average Bonchev–Trinajstić information content (AvgIpc) is 2.45. The third kappa shape index (κ3) is 6.59. The molecule has 0 aliphatic rings. The number of aryl methyl sites for hydroxylation is 2. The van der Waals surface area contributed by atoms with E-state index in [2.05, 4.69) is 39.0 Å². The lowest BCUT2D eigenvalue weighted by molar-refractivity contribution is 0.575. The van der Waals surface area contributed by atoms with E-state index in [0.717, 1.165) is 0 Å². The maximum Gasteiger partial charge on any atom is -0.0276 e. The Morgan fingerprint density at radius 2 is 1.35 bits per heavy atom. The van der Waals surface area contributed by atoms with Crippen LogP contribution in [0.1, 0.15) is 88.3 Å². The van der Waals surface area contributed by atoms with Gasteiger partial charge in [-0.1, -0.05) is 83.4 Å². The summed E-state index contributed by atoms with van der Waals surface area (Å²) in [4.78, 5) is 0. The average molecular weight is 274 g/mol. The lowest BCUT2D eigenvalue weighted by Crippen LogP contribution is -1.97. The minimum Gasteiger partial charge on any atom is -0.0654 e. The monoisotopic (exact) mass is 274 g/mol. The van der Waals surface area contributed by atoms with Gasteiger partial charge in [0.2, 0.25) is 0 Å². The number of rotatable bonds is 11. The van der Waals surface area contributed by atoms with Gasteiger partial charge in [-0.3, -0.25) is 0 Å². The van der Waals surface area contributed by atoms with E-state index in [4.69, 9.17) is 0 Å². The Labute approximate surface area is 127 Å². The Hall–Kier alpha value is -0.780. The molecule has 0 saturated carbocycles. The molecule has 0 saturated heterocycles. The molecule has 0 fully saturated rings. The molecule has 0 heterocycles. The van der Waals surface area contributed by atoms with Crippen LogP contribution in [0.15, 0.2) is 18.2 Å². The van der Waals surface area contributed by atoms with Crippen LogP contribution in [-0.2, 0) is 12.8 Å². The van der Waals surface area contributed by atoms with E-state index >= 15 is 0 Å². The first-order chi connectivity index (χ1) is 9.79. The van der Waals surface area contributed by atoms with E-state index in [0.29, 0.717) is 0 Å². The van der Waals surface area contributed by atoms with Crippen molar-refractivity contribution in [1.82, 2.24) is 0 Å². The second kappa shape index (κ2) is 10.9. The van der Waals surface area contributed by atoms with Crippen LogP contribution in [0, 0.1) is 6.92 Å². The Bertz CT molecular complexity index is 351. The molecule has 0 N–H and O–H groups in total. The maximum atomic E-state index is 2.35. The van der Waals surface area contributed by atoms with Crippen LogP contribution in [0.2, 0.25) is 0 Å². The van der Waals surface area contributed by atoms with Gasteiger partial charge < -0.3 is 0 Å². The summed E-state index contributed by atoms with van der Waals surface area (Å²) in [6, 6.07) is 6.84. The van der Waals surface area contributed by atoms with Crippen molar-refractivity contribution in [2.45, 2.75) is 91.4 Å². The van der Waals surface area contributed by atoms with Crippen molar-refractivity contribution in [2.75, 3.05) is 0 Å². The van der Waals surface area contributed by atoms with Gasteiger partial charge >= 0.3 is 0 Å². The molecule has 1 aromatic rings. The molecule has 1 aromatic carbocycles. The van der Waals surface area contributed by atoms with E-state index in [1.54, 1.807) is 11.1 Å². The van der Waals surface area contributed by atoms with Gasteiger partial charge in [-0.2, -0.15) is 0 Å². The fraction of sp³-hybridized carbons (Fsp3) is 0.700. The first-order valence-corrected chi connectivity index (χ1v) is 8.87. The van der Waals surface area contributed by atoms with Crippen molar-refractivity contribution >= 4 is 0 Å². The van der Waals surface area contributed by atoms with E-state index in [1.165, 1.54) is 76.2 Å². The number of benzene rings is 1. The highest BCUT2D eigenvalue weighted by atomic mass is 14.1. The molecule has 0 heteroatoms. The van der Waals surface area contributed by atoms with Crippen molar-refractivity contribution < 1.29 is 0 Å². The molecule has 0 unspecified atom stereocenters. The van der Waals surface area contributed by atoms with Crippen molar-refractivity contribution in [2.24, 2.45) is 0 Å². The Morgan fingerprint density at radius 3 is 2.00 bits per heavy atom. The zero-order chi connectivity index (χ0) is 14.6. The third-order valence-electron chi connectivity index (χ3n) is 4.31. The van der Waals surface area contributed by atoms with Gasteiger partial charge in [-0.05, 0) is 42.9 Å². The van der Waals surface area contributed by atoms with Crippen molar-refractivity contribution in [3.05, 3.63) is 34.9 Å². The molecule has 0 amide bonds. The predicted octanol–water partition coefficient (Wildman–Crippen LogP) is 6.63. The highest BCUT2D eigenvalue weighted by Gasteiger charge is 2.04. The molecule has 0 aliphatic heterocycles. The summed E-state index contributed by atoms with van der Waals surface area (Å²) in [7, 11) is 0. The molecular weight excluding hydrogens is 240 g/mol. The molecule has 0 aromatic heterocycles. The number of hydrogen-bond acceptors (Lipinski definition) is 0. The van der Waals surface area contributed by atoms with Gasteiger partial charge in [0, 0.05) is 0 Å². The van der Waals surface area contributed by atoms with Crippen LogP contribution in [0.5, 0.6) is 0 Å². The van der Waals surface area contributed by atoms with Crippen LogP contribution in [0.4, 0.5) is 0 Å². The molecule has 0 radical (unpaired) electrons. The minimum atomic E-state index is 1.25. The highest BCUT2D eigenvalue weighted by Crippen LogP contribution is 2.19. The number of hydrogen-bond donors (Lipinski definition) is 0. The van der Waals surface area contributed by atoms with E-state index in [-0.39, 0.29) is 0 Å². The summed E-state index contributed by atoms with van der Waals surface area (Å²) in [5.74, 6) is 0. The van der Waals surface area contributed by atoms with Gasteiger partial charge in [0.1, 0.15) is 0 Å². The fourth-order valence-corrected chi connectivity index (χ4v) is 3.05. The molecule has 0 bridgehead atoms. The Balaban J connectivity index is 2.23. The SMILES string of the molecule is CCCCCCCCCCc1cccc(C)c1CCC. The maximum absolute atomic E-state index is 2.35. The zero-order valence-electron chi connectivity index (χ0n) is 14.0. The number of unbranched alkanes of at least 4 members (excludes halogenated alkanes) is 7. The first-order valence-electron chi connectivity index (χ1n) is 8.87. The van der Waals surface area contributed by atoms with Gasteiger partial charge in [0.15, 0.2) is 0 Å². The molecule has 114 valence electrons. The third-order valence-corrected chi connectivity index (χ3v) is 4.31. The summed E-state index contributed by atoms with van der Waals surface area (Å²) in [6.07, 6.45) is 15.1. The van der Waals surface area contributed by atoms with Gasteiger partial charge in [-0.15, -0.1) is 0 Å². The summed E-state index contributed by atoms with van der Waals surface area (Å²) < 4.78 is 0. The zero-order valence-corrected chi connectivity index (χ0v) is 14.0.